The van der Waals surface area contributed by atoms with Gasteiger partial charge in [-0.15, -0.1) is 0 Å². The monoisotopic (exact) mass is 224 g/mol. The van der Waals surface area contributed by atoms with Crippen molar-refractivity contribution in [2.24, 2.45) is 7.05 Å². The van der Waals surface area contributed by atoms with Crippen molar-refractivity contribution < 1.29 is 0 Å². The van der Waals surface area contributed by atoms with Crippen molar-refractivity contribution in [3.63, 3.8) is 0 Å². The number of aryl methyl sites for hydroxylation is 2. The summed E-state index contributed by atoms with van der Waals surface area (Å²) in [5.41, 5.74) is 2.54. The van der Waals surface area contributed by atoms with Gasteiger partial charge in [-0.3, -0.25) is 4.68 Å². The molecule has 0 amide bonds. The van der Waals surface area contributed by atoms with Crippen LogP contribution in [0.2, 0.25) is 5.15 Å². The van der Waals surface area contributed by atoms with Gasteiger partial charge in [0.05, 0.1) is 5.69 Å². The SMILES string of the molecule is Cc1nn(C)c2c(Cl)nc(C(C)C)nc12. The van der Waals surface area contributed by atoms with Gasteiger partial charge in [0.15, 0.2) is 5.15 Å². The Bertz CT molecular complexity index is 516. The summed E-state index contributed by atoms with van der Waals surface area (Å²) in [5, 5.41) is 4.76. The van der Waals surface area contributed by atoms with Crippen molar-refractivity contribution in [3.8, 4) is 0 Å². The Balaban J connectivity index is 2.81. The van der Waals surface area contributed by atoms with Gasteiger partial charge in [-0.25, -0.2) is 9.97 Å². The molecule has 2 aromatic heterocycles. The average Bonchev–Trinajstić information content (AvgIpc) is 2.42. The van der Waals surface area contributed by atoms with Crippen LogP contribution in [0.5, 0.6) is 0 Å². The van der Waals surface area contributed by atoms with E-state index in [4.69, 9.17) is 11.6 Å². The van der Waals surface area contributed by atoms with Crippen molar-refractivity contribution in [3.05, 3.63) is 16.7 Å². The molecule has 0 aliphatic carbocycles. The molecule has 80 valence electrons. The molecule has 0 N–H and O–H groups in total. The second kappa shape index (κ2) is 3.45. The Morgan fingerprint density at radius 1 is 1.27 bits per heavy atom. The fraction of sp³-hybridized carbons (Fsp3) is 0.500. The maximum Gasteiger partial charge on any atom is 0.158 e. The number of hydrogen-bond acceptors (Lipinski definition) is 3. The molecule has 15 heavy (non-hydrogen) atoms. The van der Waals surface area contributed by atoms with Crippen LogP contribution in [0.25, 0.3) is 11.0 Å². The lowest BCUT2D eigenvalue weighted by molar-refractivity contribution is 0.771. The minimum absolute atomic E-state index is 0.270. The minimum Gasteiger partial charge on any atom is -0.263 e. The van der Waals surface area contributed by atoms with Crippen LogP contribution in [0.3, 0.4) is 0 Å². The average molecular weight is 225 g/mol. The number of fused-ring (bicyclic) bond motifs is 1. The van der Waals surface area contributed by atoms with Crippen molar-refractivity contribution in [1.29, 1.82) is 0 Å². The molecule has 0 aromatic carbocycles. The van der Waals surface area contributed by atoms with Crippen LogP contribution in [-0.4, -0.2) is 19.7 Å². The summed E-state index contributed by atoms with van der Waals surface area (Å²) < 4.78 is 1.72. The molecule has 2 heterocycles. The van der Waals surface area contributed by atoms with E-state index in [9.17, 15) is 0 Å². The van der Waals surface area contributed by atoms with E-state index in [0.717, 1.165) is 22.6 Å². The molecule has 0 radical (unpaired) electrons. The Morgan fingerprint density at radius 2 is 1.93 bits per heavy atom. The van der Waals surface area contributed by atoms with E-state index in [1.165, 1.54) is 0 Å². The molecule has 5 heteroatoms. The van der Waals surface area contributed by atoms with Crippen LogP contribution < -0.4 is 0 Å². The summed E-state index contributed by atoms with van der Waals surface area (Å²) in [6.45, 7) is 6.02. The van der Waals surface area contributed by atoms with Gasteiger partial charge in [0.25, 0.3) is 0 Å². The first-order valence-corrected chi connectivity index (χ1v) is 5.25. The van der Waals surface area contributed by atoms with Crippen LogP contribution in [0, 0.1) is 6.92 Å². The van der Waals surface area contributed by atoms with Crippen molar-refractivity contribution >= 4 is 22.6 Å². The molecular formula is C10H13ClN4. The molecule has 2 aromatic rings. The number of rotatable bonds is 1. The Kier molecular flexibility index (Phi) is 2.38. The normalized spacial score (nSPS) is 11.6. The predicted octanol–water partition coefficient (Wildman–Crippen LogP) is 2.45. The van der Waals surface area contributed by atoms with E-state index >= 15 is 0 Å². The van der Waals surface area contributed by atoms with Gasteiger partial charge in [0, 0.05) is 13.0 Å². The molecular weight excluding hydrogens is 212 g/mol. The summed E-state index contributed by atoms with van der Waals surface area (Å²) in [4.78, 5) is 8.75. The summed E-state index contributed by atoms with van der Waals surface area (Å²) in [6.07, 6.45) is 0. The Morgan fingerprint density at radius 3 is 2.53 bits per heavy atom. The summed E-state index contributed by atoms with van der Waals surface area (Å²) in [6, 6.07) is 0. The van der Waals surface area contributed by atoms with Crippen LogP contribution in [0.15, 0.2) is 0 Å². The maximum atomic E-state index is 6.11. The van der Waals surface area contributed by atoms with Crippen molar-refractivity contribution in [2.45, 2.75) is 26.7 Å². The molecule has 0 unspecified atom stereocenters. The topological polar surface area (TPSA) is 43.6 Å². The van der Waals surface area contributed by atoms with Gasteiger partial charge in [-0.2, -0.15) is 5.10 Å². The van der Waals surface area contributed by atoms with E-state index in [0.29, 0.717) is 5.15 Å². The molecule has 2 rings (SSSR count). The van der Waals surface area contributed by atoms with E-state index in [-0.39, 0.29) is 5.92 Å². The molecule has 0 aliphatic rings. The fourth-order valence-electron chi connectivity index (χ4n) is 1.56. The largest absolute Gasteiger partial charge is 0.263 e. The molecule has 0 fully saturated rings. The molecule has 0 aliphatic heterocycles. The third kappa shape index (κ3) is 1.59. The first-order valence-electron chi connectivity index (χ1n) is 4.87. The van der Waals surface area contributed by atoms with Crippen molar-refractivity contribution in [1.82, 2.24) is 19.7 Å². The molecule has 0 spiro atoms. The van der Waals surface area contributed by atoms with Gasteiger partial charge in [-0.05, 0) is 6.92 Å². The quantitative estimate of drug-likeness (QED) is 0.699. The van der Waals surface area contributed by atoms with E-state index < -0.39 is 0 Å². The van der Waals surface area contributed by atoms with Gasteiger partial charge in [-0.1, -0.05) is 25.4 Å². The van der Waals surface area contributed by atoms with Gasteiger partial charge in [0.1, 0.15) is 16.9 Å². The van der Waals surface area contributed by atoms with Crippen LogP contribution in [0.4, 0.5) is 0 Å². The zero-order chi connectivity index (χ0) is 11.2. The molecule has 0 saturated carbocycles. The van der Waals surface area contributed by atoms with E-state index in [1.54, 1.807) is 4.68 Å². The van der Waals surface area contributed by atoms with Crippen molar-refractivity contribution in [2.75, 3.05) is 0 Å². The van der Waals surface area contributed by atoms with E-state index in [2.05, 4.69) is 15.1 Å². The number of halogens is 1. The second-order valence-corrected chi connectivity index (χ2v) is 4.29. The first kappa shape index (κ1) is 10.4. The lowest BCUT2D eigenvalue weighted by Crippen LogP contribution is -1.99. The number of hydrogen-bond donors (Lipinski definition) is 0. The fourth-order valence-corrected chi connectivity index (χ4v) is 1.86. The molecule has 0 atom stereocenters. The lowest BCUT2D eigenvalue weighted by atomic mass is 10.2. The number of aromatic nitrogens is 4. The molecule has 4 nitrogen and oxygen atoms in total. The second-order valence-electron chi connectivity index (χ2n) is 3.93. The summed E-state index contributed by atoms with van der Waals surface area (Å²) >= 11 is 6.11. The highest BCUT2D eigenvalue weighted by molar-refractivity contribution is 6.33. The Hall–Kier alpha value is -1.16. The van der Waals surface area contributed by atoms with Gasteiger partial charge >= 0.3 is 0 Å². The van der Waals surface area contributed by atoms with Crippen LogP contribution in [0.1, 0.15) is 31.3 Å². The third-order valence-corrected chi connectivity index (χ3v) is 2.61. The van der Waals surface area contributed by atoms with E-state index in [1.807, 2.05) is 27.8 Å². The lowest BCUT2D eigenvalue weighted by Gasteiger charge is -2.04. The third-order valence-electron chi connectivity index (χ3n) is 2.34. The van der Waals surface area contributed by atoms with Gasteiger partial charge < -0.3 is 0 Å². The molecule has 0 bridgehead atoms. The summed E-state index contributed by atoms with van der Waals surface area (Å²) in [5.74, 6) is 1.04. The zero-order valence-corrected chi connectivity index (χ0v) is 10.0. The van der Waals surface area contributed by atoms with Crippen LogP contribution in [-0.2, 0) is 7.05 Å². The number of nitrogens with zero attached hydrogens (tertiary/aromatic N) is 4. The highest BCUT2D eigenvalue weighted by Crippen LogP contribution is 2.24. The minimum atomic E-state index is 0.270. The maximum absolute atomic E-state index is 6.11. The zero-order valence-electron chi connectivity index (χ0n) is 9.24. The Labute approximate surface area is 93.3 Å². The molecule has 0 saturated heterocycles. The standard InChI is InChI=1S/C10H13ClN4/c1-5(2)10-12-7-6(3)14-15(4)8(7)9(11)13-10/h5H,1-4H3. The van der Waals surface area contributed by atoms with Crippen LogP contribution >= 0.6 is 11.6 Å². The highest BCUT2D eigenvalue weighted by atomic mass is 35.5. The van der Waals surface area contributed by atoms with Gasteiger partial charge in [0.2, 0.25) is 0 Å². The highest BCUT2D eigenvalue weighted by Gasteiger charge is 2.14. The first-order chi connectivity index (χ1) is 7.00. The smallest absolute Gasteiger partial charge is 0.158 e. The predicted molar refractivity (Wildman–Crippen MR) is 60.1 cm³/mol. The summed E-state index contributed by atoms with van der Waals surface area (Å²) in [7, 11) is 1.85.